The molecule has 1 aliphatic heterocycles. The second kappa shape index (κ2) is 7.14. The van der Waals surface area contributed by atoms with Crippen molar-refractivity contribution in [2.45, 2.75) is 52.0 Å². The second-order valence-electron chi connectivity index (χ2n) is 6.71. The van der Waals surface area contributed by atoms with Gasteiger partial charge in [-0.05, 0) is 38.0 Å². The number of nitrogens with one attached hydrogen (secondary N) is 1. The number of amides is 2. The average Bonchev–Trinajstić information content (AvgIpc) is 3.28. The number of nitrogens with zero attached hydrogens (tertiary/aromatic N) is 1. The van der Waals surface area contributed by atoms with Crippen LogP contribution in [-0.4, -0.2) is 43.1 Å². The van der Waals surface area contributed by atoms with E-state index in [2.05, 4.69) is 12.2 Å². The molecule has 0 spiro atoms. The van der Waals surface area contributed by atoms with Gasteiger partial charge < -0.3 is 15.0 Å². The highest BCUT2D eigenvalue weighted by Crippen LogP contribution is 2.33. The highest BCUT2D eigenvalue weighted by molar-refractivity contribution is 5.76. The number of urea groups is 1. The number of rotatable bonds is 5. The van der Waals surface area contributed by atoms with Gasteiger partial charge in [0.05, 0.1) is 13.0 Å². The topological polar surface area (TPSA) is 58.6 Å². The van der Waals surface area contributed by atoms with E-state index >= 15 is 0 Å². The van der Waals surface area contributed by atoms with Crippen molar-refractivity contribution in [3.63, 3.8) is 0 Å². The molecule has 2 fully saturated rings. The van der Waals surface area contributed by atoms with E-state index in [9.17, 15) is 9.59 Å². The van der Waals surface area contributed by atoms with E-state index in [4.69, 9.17) is 4.74 Å². The zero-order chi connectivity index (χ0) is 15.4. The number of hydrogen-bond donors (Lipinski definition) is 1. The summed E-state index contributed by atoms with van der Waals surface area (Å²) in [5, 5.41) is 3.08. The summed E-state index contributed by atoms with van der Waals surface area (Å²) in [6.45, 7) is 5.34. The molecule has 2 aliphatic rings. The molecule has 0 radical (unpaired) electrons. The molecule has 1 aliphatic carbocycles. The van der Waals surface area contributed by atoms with Crippen LogP contribution >= 0.6 is 0 Å². The van der Waals surface area contributed by atoms with Crippen molar-refractivity contribution in [1.29, 1.82) is 0 Å². The summed E-state index contributed by atoms with van der Waals surface area (Å²) >= 11 is 0. The summed E-state index contributed by atoms with van der Waals surface area (Å²) in [4.78, 5) is 25.7. The van der Waals surface area contributed by atoms with Gasteiger partial charge in [-0.15, -0.1) is 0 Å². The van der Waals surface area contributed by atoms with Crippen LogP contribution in [0.3, 0.4) is 0 Å². The van der Waals surface area contributed by atoms with E-state index in [1.807, 2.05) is 11.8 Å². The molecular weight excluding hydrogens is 268 g/mol. The van der Waals surface area contributed by atoms with E-state index in [1.165, 1.54) is 26.4 Å². The summed E-state index contributed by atoms with van der Waals surface area (Å²) in [6.07, 6.45) is 5.70. The van der Waals surface area contributed by atoms with Crippen molar-refractivity contribution in [2.75, 3.05) is 20.2 Å². The fraction of sp³-hybridized carbons (Fsp3) is 0.875. The molecule has 2 amide bonds. The first-order chi connectivity index (χ1) is 10.0. The predicted molar refractivity (Wildman–Crippen MR) is 80.8 cm³/mol. The van der Waals surface area contributed by atoms with Crippen LogP contribution in [0.4, 0.5) is 4.79 Å². The molecule has 1 heterocycles. The lowest BCUT2D eigenvalue weighted by Gasteiger charge is -2.36. The maximum Gasteiger partial charge on any atom is 0.317 e. The van der Waals surface area contributed by atoms with Crippen LogP contribution in [0.2, 0.25) is 0 Å². The minimum absolute atomic E-state index is 0.00784. The Morgan fingerprint density at radius 1 is 1.33 bits per heavy atom. The summed E-state index contributed by atoms with van der Waals surface area (Å²) in [7, 11) is 1.43. The van der Waals surface area contributed by atoms with E-state index < -0.39 is 0 Å². The van der Waals surface area contributed by atoms with Crippen LogP contribution in [0.5, 0.6) is 0 Å². The molecule has 1 saturated heterocycles. The Morgan fingerprint density at radius 2 is 2.05 bits per heavy atom. The maximum atomic E-state index is 12.3. The van der Waals surface area contributed by atoms with Gasteiger partial charge in [-0.1, -0.05) is 19.8 Å². The van der Waals surface area contributed by atoms with Gasteiger partial charge in [0, 0.05) is 19.1 Å². The Bertz CT molecular complexity index is 382. The Balaban J connectivity index is 1.74. The molecule has 21 heavy (non-hydrogen) atoms. The SMILES string of the molecule is COC(=O)[C@@H]1CCN(C(=O)N[C@@H](C)CCC2CC2)C[C@H]1C. The third-order valence-electron chi connectivity index (χ3n) is 4.77. The quantitative estimate of drug-likeness (QED) is 0.793. The van der Waals surface area contributed by atoms with Gasteiger partial charge >= 0.3 is 12.0 Å². The van der Waals surface area contributed by atoms with Gasteiger partial charge in [0.25, 0.3) is 0 Å². The molecule has 120 valence electrons. The van der Waals surface area contributed by atoms with Crippen LogP contribution in [0.1, 0.15) is 46.0 Å². The molecule has 0 unspecified atom stereocenters. The van der Waals surface area contributed by atoms with Gasteiger partial charge in [0.1, 0.15) is 0 Å². The number of esters is 1. The number of carbonyl (C=O) groups excluding carboxylic acids is 2. The molecule has 3 atom stereocenters. The molecule has 5 nitrogen and oxygen atoms in total. The minimum Gasteiger partial charge on any atom is -0.469 e. The highest BCUT2D eigenvalue weighted by Gasteiger charge is 2.34. The molecule has 0 aromatic carbocycles. The summed E-state index contributed by atoms with van der Waals surface area (Å²) in [6, 6.07) is 0.236. The van der Waals surface area contributed by atoms with Gasteiger partial charge in [0.15, 0.2) is 0 Å². The van der Waals surface area contributed by atoms with Crippen molar-refractivity contribution in [3.05, 3.63) is 0 Å². The first kappa shape index (κ1) is 16.1. The molecule has 1 N–H and O–H groups in total. The number of methoxy groups -OCH3 is 1. The van der Waals surface area contributed by atoms with Crippen LogP contribution in [0.15, 0.2) is 0 Å². The molecule has 0 aromatic rings. The zero-order valence-electron chi connectivity index (χ0n) is 13.4. The third-order valence-corrected chi connectivity index (χ3v) is 4.77. The van der Waals surface area contributed by atoms with Crippen LogP contribution in [-0.2, 0) is 9.53 Å². The standard InChI is InChI=1S/C16H28N2O3/c1-11-10-18(9-8-14(11)15(19)21-3)16(20)17-12(2)4-5-13-6-7-13/h11-14H,4-10H2,1-3H3,(H,17,20)/t11-,12+,14-/m1/s1. The number of carbonyl (C=O) groups is 2. The Hall–Kier alpha value is -1.26. The number of piperidine rings is 1. The summed E-state index contributed by atoms with van der Waals surface area (Å²) < 4.78 is 4.82. The van der Waals surface area contributed by atoms with E-state index in [1.54, 1.807) is 0 Å². The van der Waals surface area contributed by atoms with E-state index in [0.29, 0.717) is 19.5 Å². The first-order valence-corrected chi connectivity index (χ1v) is 8.14. The second-order valence-corrected chi connectivity index (χ2v) is 6.71. The van der Waals surface area contributed by atoms with Gasteiger partial charge in [0.2, 0.25) is 0 Å². The normalized spacial score (nSPS) is 27.1. The van der Waals surface area contributed by atoms with Gasteiger partial charge in [-0.2, -0.15) is 0 Å². The van der Waals surface area contributed by atoms with Crippen molar-refractivity contribution < 1.29 is 14.3 Å². The molecule has 5 heteroatoms. The fourth-order valence-electron chi connectivity index (χ4n) is 3.10. The Morgan fingerprint density at radius 3 is 2.62 bits per heavy atom. The molecule has 2 rings (SSSR count). The molecule has 1 saturated carbocycles. The molecule has 0 aromatic heterocycles. The Kier molecular flexibility index (Phi) is 5.48. The van der Waals surface area contributed by atoms with Crippen LogP contribution < -0.4 is 5.32 Å². The maximum absolute atomic E-state index is 12.3. The number of hydrogen-bond acceptors (Lipinski definition) is 3. The van der Waals surface area contributed by atoms with Crippen molar-refractivity contribution in [2.24, 2.45) is 17.8 Å². The van der Waals surface area contributed by atoms with Gasteiger partial charge in [-0.3, -0.25) is 4.79 Å². The van der Waals surface area contributed by atoms with E-state index in [-0.39, 0.29) is 29.9 Å². The summed E-state index contributed by atoms with van der Waals surface area (Å²) in [5.74, 6) is 0.825. The zero-order valence-corrected chi connectivity index (χ0v) is 13.4. The monoisotopic (exact) mass is 296 g/mol. The highest BCUT2D eigenvalue weighted by atomic mass is 16.5. The number of ether oxygens (including phenoxy) is 1. The number of likely N-dealkylation sites (tertiary alicyclic amines) is 1. The van der Waals surface area contributed by atoms with Crippen molar-refractivity contribution >= 4 is 12.0 Å². The minimum atomic E-state index is -0.152. The van der Waals surface area contributed by atoms with Crippen LogP contribution in [0.25, 0.3) is 0 Å². The van der Waals surface area contributed by atoms with E-state index in [0.717, 1.165) is 12.3 Å². The third kappa shape index (κ3) is 4.61. The van der Waals surface area contributed by atoms with Crippen molar-refractivity contribution in [1.82, 2.24) is 10.2 Å². The predicted octanol–water partition coefficient (Wildman–Crippen LogP) is 2.41. The van der Waals surface area contributed by atoms with Crippen LogP contribution in [0, 0.1) is 17.8 Å². The first-order valence-electron chi connectivity index (χ1n) is 8.14. The molecule has 0 bridgehead atoms. The smallest absolute Gasteiger partial charge is 0.317 e. The lowest BCUT2D eigenvalue weighted by molar-refractivity contribution is -0.148. The Labute approximate surface area is 127 Å². The van der Waals surface area contributed by atoms with Crippen molar-refractivity contribution in [3.8, 4) is 0 Å². The average molecular weight is 296 g/mol. The van der Waals surface area contributed by atoms with Gasteiger partial charge in [-0.25, -0.2) is 4.79 Å². The fourth-order valence-corrected chi connectivity index (χ4v) is 3.10. The molecular formula is C16H28N2O3. The lowest BCUT2D eigenvalue weighted by atomic mass is 9.87. The largest absolute Gasteiger partial charge is 0.469 e. The summed E-state index contributed by atoms with van der Waals surface area (Å²) in [5.41, 5.74) is 0. The lowest BCUT2D eigenvalue weighted by Crippen LogP contribution is -2.50.